The van der Waals surface area contributed by atoms with Crippen LogP contribution in [0, 0.1) is 0 Å². The lowest BCUT2D eigenvalue weighted by molar-refractivity contribution is -0.141. The molecule has 0 aliphatic carbocycles. The minimum absolute atomic E-state index is 0.0832. The first kappa shape index (κ1) is 20.2. The van der Waals surface area contributed by atoms with Gasteiger partial charge in [0.25, 0.3) is 5.91 Å². The monoisotopic (exact) mass is 372 g/mol. The molecule has 0 radical (unpaired) electrons. The van der Waals surface area contributed by atoms with E-state index in [9.17, 15) is 19.5 Å². The van der Waals surface area contributed by atoms with E-state index in [0.29, 0.717) is 22.3 Å². The molecular weight excluding hydrogens is 348 g/mol. The molecule has 2 amide bonds. The van der Waals surface area contributed by atoms with Crippen LogP contribution in [0.4, 0.5) is 5.82 Å². The van der Waals surface area contributed by atoms with Gasteiger partial charge in [-0.1, -0.05) is 18.2 Å². The van der Waals surface area contributed by atoms with Gasteiger partial charge in [-0.3, -0.25) is 9.59 Å². The van der Waals surface area contributed by atoms with Crippen molar-refractivity contribution in [3.8, 4) is 0 Å². The molecule has 2 rings (SSSR count). The van der Waals surface area contributed by atoms with Gasteiger partial charge in [0.15, 0.2) is 0 Å². The third kappa shape index (κ3) is 4.72. The summed E-state index contributed by atoms with van der Waals surface area (Å²) >= 11 is 0. The molecule has 0 fully saturated rings. The minimum Gasteiger partial charge on any atom is -0.480 e. The largest absolute Gasteiger partial charge is 0.480 e. The molecule has 2 aromatic rings. The van der Waals surface area contributed by atoms with Crippen LogP contribution in [0.1, 0.15) is 24.2 Å². The van der Waals surface area contributed by atoms with Gasteiger partial charge < -0.3 is 20.2 Å². The van der Waals surface area contributed by atoms with Crippen LogP contribution in [0.25, 0.3) is 10.9 Å². The third-order valence-corrected chi connectivity index (χ3v) is 4.20. The second kappa shape index (κ2) is 8.48. The number of carbonyl (C=O) groups is 3. The topological polar surface area (TPSA) is 103 Å². The van der Waals surface area contributed by atoms with E-state index in [1.807, 2.05) is 20.2 Å². The van der Waals surface area contributed by atoms with Crippen LogP contribution in [0.2, 0.25) is 0 Å². The Bertz CT molecular complexity index is 866. The zero-order valence-electron chi connectivity index (χ0n) is 15.9. The molecule has 27 heavy (non-hydrogen) atoms. The molecule has 1 heterocycles. The van der Waals surface area contributed by atoms with E-state index in [4.69, 9.17) is 0 Å². The molecule has 0 spiro atoms. The molecule has 0 saturated carbocycles. The van der Waals surface area contributed by atoms with Crippen LogP contribution < -0.4 is 10.2 Å². The maximum absolute atomic E-state index is 13.3. The number of pyridine rings is 1. The third-order valence-electron chi connectivity index (χ3n) is 4.20. The Kier molecular flexibility index (Phi) is 6.33. The first-order chi connectivity index (χ1) is 12.7. The molecule has 0 aliphatic heterocycles. The highest BCUT2D eigenvalue weighted by atomic mass is 16.4. The van der Waals surface area contributed by atoms with Gasteiger partial charge >= 0.3 is 5.97 Å². The molecule has 8 nitrogen and oxygen atoms in total. The van der Waals surface area contributed by atoms with E-state index >= 15 is 0 Å². The average Bonchev–Trinajstić information content (AvgIpc) is 2.62. The predicted octanol–water partition coefficient (Wildman–Crippen LogP) is 1.35. The molecule has 144 valence electrons. The Balaban J connectivity index is 2.49. The number of carboxylic acid groups (broad SMARTS) is 1. The van der Waals surface area contributed by atoms with Crippen LogP contribution in [0.15, 0.2) is 30.3 Å². The number of hydrogen-bond donors (Lipinski definition) is 2. The SMILES string of the molecule is CC(=O)NCCN(C(=O)c1cc(N(C)C)nc2ccccc12)C(C)C(=O)O. The Morgan fingerprint density at radius 2 is 1.89 bits per heavy atom. The quantitative estimate of drug-likeness (QED) is 0.761. The summed E-state index contributed by atoms with van der Waals surface area (Å²) in [4.78, 5) is 43.4. The van der Waals surface area contributed by atoms with E-state index < -0.39 is 17.9 Å². The van der Waals surface area contributed by atoms with Gasteiger partial charge in [-0.25, -0.2) is 9.78 Å². The number of anilines is 1. The fraction of sp³-hybridized carbons (Fsp3) is 0.368. The van der Waals surface area contributed by atoms with Crippen molar-refractivity contribution < 1.29 is 19.5 Å². The van der Waals surface area contributed by atoms with Crippen LogP contribution in [0.3, 0.4) is 0 Å². The number of rotatable bonds is 7. The highest BCUT2D eigenvalue weighted by Gasteiger charge is 2.28. The van der Waals surface area contributed by atoms with Crippen molar-refractivity contribution >= 4 is 34.5 Å². The molecule has 8 heteroatoms. The summed E-state index contributed by atoms with van der Waals surface area (Å²) < 4.78 is 0. The number of benzene rings is 1. The first-order valence-electron chi connectivity index (χ1n) is 8.57. The van der Waals surface area contributed by atoms with Gasteiger partial charge in [-0.15, -0.1) is 0 Å². The molecule has 0 aliphatic rings. The van der Waals surface area contributed by atoms with Crippen LogP contribution in [0.5, 0.6) is 0 Å². The van der Waals surface area contributed by atoms with Crippen LogP contribution in [-0.4, -0.2) is 66.0 Å². The Labute approximate surface area is 157 Å². The molecule has 0 bridgehead atoms. The number of carboxylic acids is 1. The number of amides is 2. The van der Waals surface area contributed by atoms with Crippen molar-refractivity contribution in [2.75, 3.05) is 32.1 Å². The van der Waals surface area contributed by atoms with Crippen molar-refractivity contribution in [2.45, 2.75) is 19.9 Å². The predicted molar refractivity (Wildman–Crippen MR) is 103 cm³/mol. The van der Waals surface area contributed by atoms with E-state index in [1.54, 1.807) is 29.2 Å². The number of fused-ring (bicyclic) bond motifs is 1. The summed E-state index contributed by atoms with van der Waals surface area (Å²) in [5.74, 6) is -1.18. The number of nitrogens with one attached hydrogen (secondary N) is 1. The molecular formula is C19H24N4O4. The molecule has 1 aromatic heterocycles. The van der Waals surface area contributed by atoms with E-state index in [1.165, 1.54) is 18.7 Å². The number of carbonyl (C=O) groups excluding carboxylic acids is 2. The normalized spacial score (nSPS) is 11.7. The van der Waals surface area contributed by atoms with Gasteiger partial charge in [-0.2, -0.15) is 0 Å². The number of para-hydroxylation sites is 1. The standard InChI is InChI=1S/C19H24N4O4/c1-12(19(26)27)23(10-9-20-13(2)24)18(25)15-11-17(22(3)4)21-16-8-6-5-7-14(15)16/h5-8,11-12H,9-10H2,1-4H3,(H,20,24)(H,26,27). The maximum Gasteiger partial charge on any atom is 0.326 e. The zero-order chi connectivity index (χ0) is 20.1. The Morgan fingerprint density at radius 3 is 2.48 bits per heavy atom. The van der Waals surface area contributed by atoms with E-state index in [0.717, 1.165) is 0 Å². The molecule has 2 N–H and O–H groups in total. The van der Waals surface area contributed by atoms with E-state index in [2.05, 4.69) is 10.3 Å². The van der Waals surface area contributed by atoms with Gasteiger partial charge in [0.1, 0.15) is 11.9 Å². The summed E-state index contributed by atoms with van der Waals surface area (Å²) in [5.41, 5.74) is 1.03. The Morgan fingerprint density at radius 1 is 1.22 bits per heavy atom. The van der Waals surface area contributed by atoms with Gasteiger partial charge in [0.05, 0.1) is 11.1 Å². The van der Waals surface area contributed by atoms with Gasteiger partial charge in [0, 0.05) is 39.5 Å². The highest BCUT2D eigenvalue weighted by Crippen LogP contribution is 2.24. The minimum atomic E-state index is -1.11. The zero-order valence-corrected chi connectivity index (χ0v) is 15.9. The Hall–Kier alpha value is -3.16. The average molecular weight is 372 g/mol. The first-order valence-corrected chi connectivity index (χ1v) is 8.57. The summed E-state index contributed by atoms with van der Waals surface area (Å²) in [6.45, 7) is 3.07. The van der Waals surface area contributed by atoms with Crippen molar-refractivity contribution in [1.82, 2.24) is 15.2 Å². The molecule has 1 aromatic carbocycles. The fourth-order valence-corrected chi connectivity index (χ4v) is 2.68. The summed E-state index contributed by atoms with van der Waals surface area (Å²) in [6, 6.07) is 7.84. The molecule has 0 saturated heterocycles. The van der Waals surface area contributed by atoms with Crippen LogP contribution >= 0.6 is 0 Å². The lowest BCUT2D eigenvalue weighted by Crippen LogP contribution is -2.46. The number of aromatic nitrogens is 1. The molecule has 1 atom stereocenters. The number of hydrogen-bond acceptors (Lipinski definition) is 5. The van der Waals surface area contributed by atoms with Crippen molar-refractivity contribution in [3.05, 3.63) is 35.9 Å². The number of aliphatic carboxylic acids is 1. The highest BCUT2D eigenvalue weighted by molar-refractivity contribution is 6.07. The lowest BCUT2D eigenvalue weighted by Gasteiger charge is -2.27. The van der Waals surface area contributed by atoms with Crippen molar-refractivity contribution in [1.29, 1.82) is 0 Å². The smallest absolute Gasteiger partial charge is 0.326 e. The van der Waals surface area contributed by atoms with Crippen molar-refractivity contribution in [2.24, 2.45) is 0 Å². The fourth-order valence-electron chi connectivity index (χ4n) is 2.68. The second-order valence-corrected chi connectivity index (χ2v) is 6.44. The maximum atomic E-state index is 13.3. The summed E-state index contributed by atoms with van der Waals surface area (Å²) in [6.07, 6.45) is 0. The number of nitrogens with zero attached hydrogens (tertiary/aromatic N) is 3. The lowest BCUT2D eigenvalue weighted by atomic mass is 10.1. The van der Waals surface area contributed by atoms with Gasteiger partial charge in [0.2, 0.25) is 5.91 Å². The molecule has 1 unspecified atom stereocenters. The van der Waals surface area contributed by atoms with Crippen molar-refractivity contribution in [3.63, 3.8) is 0 Å². The van der Waals surface area contributed by atoms with E-state index in [-0.39, 0.29) is 19.0 Å². The second-order valence-electron chi connectivity index (χ2n) is 6.44. The van der Waals surface area contributed by atoms with Gasteiger partial charge in [-0.05, 0) is 19.1 Å². The van der Waals surface area contributed by atoms with Crippen LogP contribution in [-0.2, 0) is 9.59 Å². The summed E-state index contributed by atoms with van der Waals surface area (Å²) in [7, 11) is 3.64. The summed E-state index contributed by atoms with van der Waals surface area (Å²) in [5, 5.41) is 12.7.